The fraction of sp³-hybridized carbons (Fsp3) is 0.0500. The second kappa shape index (κ2) is 6.31. The van der Waals surface area contributed by atoms with Gasteiger partial charge in [0.2, 0.25) is 0 Å². The summed E-state index contributed by atoms with van der Waals surface area (Å²) in [7, 11) is 0. The quantitative estimate of drug-likeness (QED) is 0.431. The Morgan fingerprint density at radius 3 is 2.58 bits per heavy atom. The number of furan rings is 1. The number of benzene rings is 2. The molecule has 0 fully saturated rings. The summed E-state index contributed by atoms with van der Waals surface area (Å²) in [5.41, 5.74) is 2.90. The van der Waals surface area contributed by atoms with Crippen molar-refractivity contribution in [1.29, 1.82) is 0 Å². The van der Waals surface area contributed by atoms with Crippen molar-refractivity contribution in [2.24, 2.45) is 0 Å². The molecule has 0 saturated carbocycles. The van der Waals surface area contributed by atoms with E-state index < -0.39 is 0 Å². The zero-order chi connectivity index (χ0) is 17.3. The molecule has 26 heavy (non-hydrogen) atoms. The number of nitrogens with zero attached hydrogens (tertiary/aromatic N) is 4. The summed E-state index contributed by atoms with van der Waals surface area (Å²) in [6.07, 6.45) is 1.65. The van der Waals surface area contributed by atoms with E-state index in [0.717, 1.165) is 27.5 Å². The normalized spacial score (nSPS) is 11.4. The van der Waals surface area contributed by atoms with Crippen molar-refractivity contribution in [2.45, 2.75) is 10.9 Å². The Hall–Kier alpha value is -3.12. The van der Waals surface area contributed by atoms with E-state index in [4.69, 9.17) is 9.40 Å². The second-order valence-corrected chi connectivity index (χ2v) is 6.79. The van der Waals surface area contributed by atoms with Gasteiger partial charge in [-0.25, -0.2) is 4.98 Å². The Bertz CT molecular complexity index is 1180. The molecule has 126 valence electrons. The summed E-state index contributed by atoms with van der Waals surface area (Å²) in [6.45, 7) is 0. The lowest BCUT2D eigenvalue weighted by Crippen LogP contribution is -1.98. The van der Waals surface area contributed by atoms with E-state index in [1.54, 1.807) is 18.0 Å². The van der Waals surface area contributed by atoms with Crippen molar-refractivity contribution < 1.29 is 4.42 Å². The van der Waals surface area contributed by atoms with Gasteiger partial charge < -0.3 is 4.42 Å². The SMILES string of the molecule is c1ccc(CSc2nnc3c4ccccc4nc(-c4ccco4)n23)cc1. The Balaban J connectivity index is 1.68. The molecule has 0 saturated heterocycles. The van der Waals surface area contributed by atoms with Crippen LogP contribution in [0.5, 0.6) is 0 Å². The van der Waals surface area contributed by atoms with Gasteiger partial charge in [-0.3, -0.25) is 4.40 Å². The van der Waals surface area contributed by atoms with Crippen LogP contribution in [0.4, 0.5) is 0 Å². The largest absolute Gasteiger partial charge is 0.461 e. The van der Waals surface area contributed by atoms with Crippen molar-refractivity contribution >= 4 is 28.3 Å². The van der Waals surface area contributed by atoms with Gasteiger partial charge in [0, 0.05) is 11.1 Å². The second-order valence-electron chi connectivity index (χ2n) is 5.85. The van der Waals surface area contributed by atoms with Crippen LogP contribution in [-0.2, 0) is 5.75 Å². The van der Waals surface area contributed by atoms with Crippen molar-refractivity contribution in [3.05, 3.63) is 78.6 Å². The fourth-order valence-corrected chi connectivity index (χ4v) is 3.84. The predicted octanol–water partition coefficient (Wildman–Crippen LogP) is 4.83. The highest BCUT2D eigenvalue weighted by atomic mass is 32.2. The van der Waals surface area contributed by atoms with E-state index in [2.05, 4.69) is 22.3 Å². The summed E-state index contributed by atoms with van der Waals surface area (Å²) in [5, 5.41) is 10.6. The van der Waals surface area contributed by atoms with Gasteiger partial charge >= 0.3 is 0 Å². The average Bonchev–Trinajstić information content (AvgIpc) is 3.37. The van der Waals surface area contributed by atoms with E-state index in [1.165, 1.54) is 5.56 Å². The Morgan fingerprint density at radius 2 is 1.73 bits per heavy atom. The number of rotatable bonds is 4. The van der Waals surface area contributed by atoms with E-state index in [-0.39, 0.29) is 0 Å². The van der Waals surface area contributed by atoms with Crippen LogP contribution in [0.3, 0.4) is 0 Å². The molecule has 5 aromatic rings. The van der Waals surface area contributed by atoms with Crippen LogP contribution in [0.25, 0.3) is 28.1 Å². The lowest BCUT2D eigenvalue weighted by molar-refractivity contribution is 0.575. The topological polar surface area (TPSA) is 56.2 Å². The van der Waals surface area contributed by atoms with E-state index in [0.29, 0.717) is 11.6 Å². The summed E-state index contributed by atoms with van der Waals surface area (Å²) in [4.78, 5) is 4.81. The highest BCUT2D eigenvalue weighted by molar-refractivity contribution is 7.98. The van der Waals surface area contributed by atoms with Crippen LogP contribution in [0.15, 0.2) is 82.6 Å². The van der Waals surface area contributed by atoms with Gasteiger partial charge in [-0.05, 0) is 29.8 Å². The molecule has 0 unspecified atom stereocenters. The van der Waals surface area contributed by atoms with Crippen LogP contribution in [0.1, 0.15) is 5.56 Å². The molecule has 0 aliphatic heterocycles. The van der Waals surface area contributed by atoms with Crippen LogP contribution in [0.2, 0.25) is 0 Å². The van der Waals surface area contributed by atoms with Gasteiger partial charge in [0.25, 0.3) is 0 Å². The first-order valence-electron chi connectivity index (χ1n) is 8.24. The average molecular weight is 358 g/mol. The van der Waals surface area contributed by atoms with Gasteiger partial charge in [0.15, 0.2) is 22.4 Å². The predicted molar refractivity (Wildman–Crippen MR) is 102 cm³/mol. The monoisotopic (exact) mass is 358 g/mol. The first-order valence-corrected chi connectivity index (χ1v) is 9.23. The summed E-state index contributed by atoms with van der Waals surface area (Å²) < 4.78 is 7.60. The van der Waals surface area contributed by atoms with Crippen LogP contribution >= 0.6 is 11.8 Å². The Morgan fingerprint density at radius 1 is 0.885 bits per heavy atom. The Labute approximate surface area is 153 Å². The summed E-state index contributed by atoms with van der Waals surface area (Å²) in [5.74, 6) is 2.22. The zero-order valence-electron chi connectivity index (χ0n) is 13.7. The molecule has 5 rings (SSSR count). The van der Waals surface area contributed by atoms with E-state index in [1.807, 2.05) is 59.0 Å². The molecule has 3 heterocycles. The van der Waals surface area contributed by atoms with Crippen molar-refractivity contribution in [3.8, 4) is 11.6 Å². The molecule has 0 bridgehead atoms. The molecule has 0 amide bonds. The minimum Gasteiger partial charge on any atom is -0.461 e. The Kier molecular flexibility index (Phi) is 3.68. The first kappa shape index (κ1) is 15.2. The maximum Gasteiger partial charge on any atom is 0.197 e. The van der Waals surface area contributed by atoms with Gasteiger partial charge in [0.1, 0.15) is 0 Å². The number of thioether (sulfide) groups is 1. The maximum absolute atomic E-state index is 5.62. The molecule has 0 atom stereocenters. The number of hydrogen-bond donors (Lipinski definition) is 0. The number of hydrogen-bond acceptors (Lipinski definition) is 5. The lowest BCUT2D eigenvalue weighted by Gasteiger charge is -2.07. The van der Waals surface area contributed by atoms with E-state index in [9.17, 15) is 0 Å². The minimum atomic E-state index is 0.696. The minimum absolute atomic E-state index is 0.696. The molecule has 0 aliphatic carbocycles. The smallest absolute Gasteiger partial charge is 0.197 e. The highest BCUT2D eigenvalue weighted by Crippen LogP contribution is 2.30. The number of fused-ring (bicyclic) bond motifs is 3. The molecular weight excluding hydrogens is 344 g/mol. The molecule has 0 N–H and O–H groups in total. The molecule has 2 aromatic carbocycles. The van der Waals surface area contributed by atoms with Gasteiger partial charge in [0.05, 0.1) is 11.8 Å². The first-order chi connectivity index (χ1) is 12.9. The van der Waals surface area contributed by atoms with Gasteiger partial charge in [-0.15, -0.1) is 10.2 Å². The van der Waals surface area contributed by atoms with Crippen molar-refractivity contribution in [1.82, 2.24) is 19.6 Å². The molecule has 3 aromatic heterocycles. The zero-order valence-corrected chi connectivity index (χ0v) is 14.6. The third kappa shape index (κ3) is 2.55. The third-order valence-corrected chi connectivity index (χ3v) is 5.17. The molecular formula is C20H14N4OS. The molecule has 0 spiro atoms. The molecule has 5 nitrogen and oxygen atoms in total. The molecule has 0 radical (unpaired) electrons. The number of aromatic nitrogens is 4. The van der Waals surface area contributed by atoms with Gasteiger partial charge in [-0.1, -0.05) is 54.2 Å². The highest BCUT2D eigenvalue weighted by Gasteiger charge is 2.18. The van der Waals surface area contributed by atoms with Crippen LogP contribution in [-0.4, -0.2) is 19.6 Å². The third-order valence-electron chi connectivity index (χ3n) is 4.17. The molecule has 6 heteroatoms. The van der Waals surface area contributed by atoms with Crippen molar-refractivity contribution in [2.75, 3.05) is 0 Å². The van der Waals surface area contributed by atoms with Crippen LogP contribution in [0, 0.1) is 0 Å². The van der Waals surface area contributed by atoms with E-state index >= 15 is 0 Å². The maximum atomic E-state index is 5.62. The number of para-hydroxylation sites is 1. The van der Waals surface area contributed by atoms with Gasteiger partial charge in [-0.2, -0.15) is 0 Å². The molecule has 0 aliphatic rings. The van der Waals surface area contributed by atoms with Crippen molar-refractivity contribution in [3.63, 3.8) is 0 Å². The summed E-state index contributed by atoms with van der Waals surface area (Å²) in [6, 6.07) is 22.0. The van der Waals surface area contributed by atoms with Crippen LogP contribution < -0.4 is 0 Å². The standard InChI is InChI=1S/C20H14N4OS/c1-2-7-14(8-3-1)13-26-20-23-22-18-15-9-4-5-10-16(15)21-19(24(18)20)17-11-6-12-25-17/h1-12H,13H2. The lowest BCUT2D eigenvalue weighted by atomic mass is 10.2. The summed E-state index contributed by atoms with van der Waals surface area (Å²) >= 11 is 1.64. The fourth-order valence-electron chi connectivity index (χ4n) is 2.95.